The SMILES string of the molecule is Cl.N[C@H](c1ccc(Cl)c(F)c1)C(F)(F)F. The number of alkyl halides is 3. The molecule has 1 rings (SSSR count). The number of rotatable bonds is 1. The van der Waals surface area contributed by atoms with E-state index in [0.717, 1.165) is 12.1 Å². The third kappa shape index (κ3) is 3.52. The molecule has 1 nitrogen and oxygen atoms in total. The van der Waals surface area contributed by atoms with Crippen molar-refractivity contribution in [1.29, 1.82) is 0 Å². The van der Waals surface area contributed by atoms with Crippen molar-refractivity contribution in [3.05, 3.63) is 34.6 Å². The third-order valence-corrected chi connectivity index (χ3v) is 1.96. The molecule has 0 unspecified atom stereocenters. The van der Waals surface area contributed by atoms with Crippen molar-refractivity contribution >= 4 is 24.0 Å². The van der Waals surface area contributed by atoms with Crippen LogP contribution in [0.25, 0.3) is 0 Å². The Morgan fingerprint density at radius 3 is 2.20 bits per heavy atom. The smallest absolute Gasteiger partial charge is 0.316 e. The van der Waals surface area contributed by atoms with Gasteiger partial charge in [-0.1, -0.05) is 17.7 Å². The first-order chi connectivity index (χ1) is 6.32. The maximum absolute atomic E-state index is 12.8. The summed E-state index contributed by atoms with van der Waals surface area (Å²) >= 11 is 5.30. The molecule has 0 spiro atoms. The lowest BCUT2D eigenvalue weighted by Gasteiger charge is -2.15. The summed E-state index contributed by atoms with van der Waals surface area (Å²) in [5, 5.41) is -0.233. The average molecular weight is 264 g/mol. The van der Waals surface area contributed by atoms with Gasteiger partial charge in [-0.25, -0.2) is 4.39 Å². The summed E-state index contributed by atoms with van der Waals surface area (Å²) in [7, 11) is 0. The zero-order valence-electron chi connectivity index (χ0n) is 7.18. The molecule has 0 saturated heterocycles. The summed E-state index contributed by atoms with van der Waals surface area (Å²) in [5.74, 6) is -0.913. The van der Waals surface area contributed by atoms with Gasteiger partial charge < -0.3 is 5.73 Å². The summed E-state index contributed by atoms with van der Waals surface area (Å²) in [6, 6.07) is 0.580. The molecule has 15 heavy (non-hydrogen) atoms. The molecule has 1 atom stereocenters. The zero-order chi connectivity index (χ0) is 10.9. The molecular formula is C8H7Cl2F4N. The van der Waals surface area contributed by atoms with Crippen molar-refractivity contribution in [3.8, 4) is 0 Å². The first-order valence-corrected chi connectivity index (χ1v) is 3.97. The summed E-state index contributed by atoms with van der Waals surface area (Å²) < 4.78 is 49.0. The van der Waals surface area contributed by atoms with Crippen LogP contribution >= 0.6 is 24.0 Å². The number of halogens is 6. The quantitative estimate of drug-likeness (QED) is 0.772. The first kappa shape index (κ1) is 14.5. The minimum Gasteiger partial charge on any atom is -0.316 e. The highest BCUT2D eigenvalue weighted by Gasteiger charge is 2.37. The Morgan fingerprint density at radius 2 is 1.80 bits per heavy atom. The van der Waals surface area contributed by atoms with Gasteiger partial charge in [0, 0.05) is 0 Å². The number of hydrogen-bond donors (Lipinski definition) is 1. The standard InChI is InChI=1S/C8H6ClF4N.ClH/c9-5-2-1-4(3-6(5)10)7(14)8(11,12)13;/h1-3,7H,14H2;1H/t7-;/m1./s1. The largest absolute Gasteiger partial charge is 0.407 e. The summed E-state index contributed by atoms with van der Waals surface area (Å²) in [5.41, 5.74) is 4.51. The van der Waals surface area contributed by atoms with E-state index >= 15 is 0 Å². The molecule has 0 aliphatic rings. The molecule has 0 saturated carbocycles. The van der Waals surface area contributed by atoms with E-state index in [0.29, 0.717) is 6.07 Å². The minimum atomic E-state index is -4.58. The number of nitrogens with two attached hydrogens (primary N) is 1. The first-order valence-electron chi connectivity index (χ1n) is 3.59. The van der Waals surface area contributed by atoms with Crippen LogP contribution in [0.2, 0.25) is 5.02 Å². The second kappa shape index (κ2) is 5.01. The number of hydrogen-bond acceptors (Lipinski definition) is 1. The molecule has 0 radical (unpaired) electrons. The maximum Gasteiger partial charge on any atom is 0.407 e. The fraction of sp³-hybridized carbons (Fsp3) is 0.250. The molecular weight excluding hydrogens is 257 g/mol. The Balaban J connectivity index is 0.00000196. The van der Waals surface area contributed by atoms with Crippen LogP contribution in [0, 0.1) is 5.82 Å². The lowest BCUT2D eigenvalue weighted by atomic mass is 10.1. The van der Waals surface area contributed by atoms with Crippen LogP contribution in [0.15, 0.2) is 18.2 Å². The van der Waals surface area contributed by atoms with Gasteiger partial charge in [-0.2, -0.15) is 13.2 Å². The molecule has 1 aromatic carbocycles. The van der Waals surface area contributed by atoms with Gasteiger partial charge in [0.2, 0.25) is 0 Å². The lowest BCUT2D eigenvalue weighted by molar-refractivity contribution is -0.149. The Kier molecular flexibility index (Phi) is 4.83. The minimum absolute atomic E-state index is 0. The number of benzene rings is 1. The van der Waals surface area contributed by atoms with E-state index in [1.165, 1.54) is 0 Å². The predicted octanol–water partition coefficient (Wildman–Crippen LogP) is 3.46. The zero-order valence-corrected chi connectivity index (χ0v) is 8.76. The van der Waals surface area contributed by atoms with Crippen molar-refractivity contribution in [2.45, 2.75) is 12.2 Å². The van der Waals surface area contributed by atoms with Crippen molar-refractivity contribution in [2.24, 2.45) is 5.73 Å². The highest BCUT2D eigenvalue weighted by molar-refractivity contribution is 6.30. The molecule has 0 aliphatic carbocycles. The molecule has 0 heterocycles. The average Bonchev–Trinajstić information content (AvgIpc) is 2.07. The van der Waals surface area contributed by atoms with Gasteiger partial charge in [0.25, 0.3) is 0 Å². The van der Waals surface area contributed by atoms with E-state index in [4.69, 9.17) is 17.3 Å². The Morgan fingerprint density at radius 1 is 1.27 bits per heavy atom. The molecule has 0 bridgehead atoms. The van der Waals surface area contributed by atoms with Gasteiger partial charge in [-0.15, -0.1) is 12.4 Å². The molecule has 0 aliphatic heterocycles. The van der Waals surface area contributed by atoms with Crippen LogP contribution in [0.1, 0.15) is 11.6 Å². The second-order valence-electron chi connectivity index (χ2n) is 2.69. The fourth-order valence-corrected chi connectivity index (χ4v) is 1.01. The van der Waals surface area contributed by atoms with Gasteiger partial charge in [0.15, 0.2) is 0 Å². The Hall–Kier alpha value is -0.520. The normalized spacial score (nSPS) is 13.2. The lowest BCUT2D eigenvalue weighted by Crippen LogP contribution is -2.28. The highest BCUT2D eigenvalue weighted by atomic mass is 35.5. The Bertz CT molecular complexity index is 340. The molecule has 2 N–H and O–H groups in total. The van der Waals surface area contributed by atoms with Gasteiger partial charge >= 0.3 is 6.18 Å². The molecule has 0 amide bonds. The van der Waals surface area contributed by atoms with Crippen molar-refractivity contribution < 1.29 is 17.6 Å². The summed E-state index contributed by atoms with van der Waals surface area (Å²) in [6.45, 7) is 0. The fourth-order valence-electron chi connectivity index (χ4n) is 0.895. The Labute approximate surface area is 94.6 Å². The van der Waals surface area contributed by atoms with Gasteiger partial charge in [0.05, 0.1) is 5.02 Å². The van der Waals surface area contributed by atoms with Crippen molar-refractivity contribution in [1.82, 2.24) is 0 Å². The van der Waals surface area contributed by atoms with Crippen LogP contribution in [-0.2, 0) is 0 Å². The molecule has 0 aromatic heterocycles. The van der Waals surface area contributed by atoms with E-state index in [2.05, 4.69) is 0 Å². The summed E-state index contributed by atoms with van der Waals surface area (Å²) in [6.07, 6.45) is -4.58. The summed E-state index contributed by atoms with van der Waals surface area (Å²) in [4.78, 5) is 0. The molecule has 86 valence electrons. The van der Waals surface area contributed by atoms with Gasteiger partial charge in [-0.05, 0) is 17.7 Å². The van der Waals surface area contributed by atoms with Crippen LogP contribution in [0.5, 0.6) is 0 Å². The predicted molar refractivity (Wildman–Crippen MR) is 51.6 cm³/mol. The third-order valence-electron chi connectivity index (χ3n) is 1.66. The van der Waals surface area contributed by atoms with E-state index in [-0.39, 0.29) is 23.0 Å². The second-order valence-corrected chi connectivity index (χ2v) is 3.10. The topological polar surface area (TPSA) is 26.0 Å². The van der Waals surface area contributed by atoms with Crippen LogP contribution in [0.4, 0.5) is 17.6 Å². The monoisotopic (exact) mass is 263 g/mol. The highest BCUT2D eigenvalue weighted by Crippen LogP contribution is 2.31. The molecule has 7 heteroatoms. The van der Waals surface area contributed by atoms with E-state index in [1.54, 1.807) is 0 Å². The van der Waals surface area contributed by atoms with Crippen LogP contribution in [0.3, 0.4) is 0 Å². The van der Waals surface area contributed by atoms with Crippen molar-refractivity contribution in [3.63, 3.8) is 0 Å². The van der Waals surface area contributed by atoms with Gasteiger partial charge in [-0.3, -0.25) is 0 Å². The van der Waals surface area contributed by atoms with E-state index < -0.39 is 18.0 Å². The van der Waals surface area contributed by atoms with E-state index in [9.17, 15) is 17.6 Å². The van der Waals surface area contributed by atoms with E-state index in [1.807, 2.05) is 0 Å². The van der Waals surface area contributed by atoms with Gasteiger partial charge in [0.1, 0.15) is 11.9 Å². The molecule has 0 fully saturated rings. The maximum atomic E-state index is 12.8. The molecule has 1 aromatic rings. The van der Waals surface area contributed by atoms with Crippen molar-refractivity contribution in [2.75, 3.05) is 0 Å². The van der Waals surface area contributed by atoms with Crippen LogP contribution in [-0.4, -0.2) is 6.18 Å². The van der Waals surface area contributed by atoms with Crippen LogP contribution < -0.4 is 5.73 Å².